The Kier molecular flexibility index (Phi) is 1.04. The van der Waals surface area contributed by atoms with E-state index in [1.54, 1.807) is 0 Å². The Morgan fingerprint density at radius 1 is 1.70 bits per heavy atom. The van der Waals surface area contributed by atoms with Crippen molar-refractivity contribution >= 4 is 0 Å². The van der Waals surface area contributed by atoms with Crippen molar-refractivity contribution in [3.8, 4) is 0 Å². The smallest absolute Gasteiger partial charge is 0.134 e. The average molecular weight is 137 g/mol. The van der Waals surface area contributed by atoms with Crippen molar-refractivity contribution in [1.29, 1.82) is 0 Å². The highest BCUT2D eigenvalue weighted by Crippen LogP contribution is 2.31. The molecule has 2 nitrogen and oxygen atoms in total. The third-order valence-electron chi connectivity index (χ3n) is 2.09. The Morgan fingerprint density at radius 3 is 3.20 bits per heavy atom. The largest absolute Gasteiger partial charge is 0.506 e. The molecule has 1 unspecified atom stereocenters. The standard InChI is InChI=1S/C8H11NO/c1-5-4-6-2-3-7(10)8(6)9-5/h3,5,9-10H,2,4H2,1H3. The van der Waals surface area contributed by atoms with Crippen LogP contribution in [0, 0.1) is 0 Å². The molecular weight excluding hydrogens is 126 g/mol. The molecule has 0 spiro atoms. The van der Waals surface area contributed by atoms with E-state index in [0.717, 1.165) is 18.5 Å². The van der Waals surface area contributed by atoms with Crippen LogP contribution >= 0.6 is 0 Å². The molecule has 1 heterocycles. The zero-order valence-corrected chi connectivity index (χ0v) is 6.02. The van der Waals surface area contributed by atoms with E-state index in [1.165, 1.54) is 5.57 Å². The van der Waals surface area contributed by atoms with Gasteiger partial charge in [-0.2, -0.15) is 0 Å². The first-order valence-electron chi connectivity index (χ1n) is 3.65. The second kappa shape index (κ2) is 1.78. The van der Waals surface area contributed by atoms with Crippen molar-refractivity contribution in [2.75, 3.05) is 0 Å². The highest BCUT2D eigenvalue weighted by molar-refractivity contribution is 5.40. The van der Waals surface area contributed by atoms with Gasteiger partial charge in [0.1, 0.15) is 5.76 Å². The maximum atomic E-state index is 9.26. The molecule has 0 saturated heterocycles. The van der Waals surface area contributed by atoms with Crippen LogP contribution < -0.4 is 5.32 Å². The lowest BCUT2D eigenvalue weighted by atomic mass is 10.1. The van der Waals surface area contributed by atoms with Gasteiger partial charge < -0.3 is 10.4 Å². The van der Waals surface area contributed by atoms with Gasteiger partial charge in [0.2, 0.25) is 0 Å². The fourth-order valence-corrected chi connectivity index (χ4v) is 1.63. The van der Waals surface area contributed by atoms with Gasteiger partial charge in [-0.05, 0) is 31.4 Å². The van der Waals surface area contributed by atoms with Crippen molar-refractivity contribution in [2.24, 2.45) is 0 Å². The van der Waals surface area contributed by atoms with Gasteiger partial charge in [-0.3, -0.25) is 0 Å². The van der Waals surface area contributed by atoms with Crippen LogP contribution in [0.1, 0.15) is 19.8 Å². The van der Waals surface area contributed by atoms with Crippen LogP contribution in [0.5, 0.6) is 0 Å². The Labute approximate surface area is 60.2 Å². The molecule has 2 heteroatoms. The van der Waals surface area contributed by atoms with Crippen LogP contribution in [0.2, 0.25) is 0 Å². The molecule has 0 bridgehead atoms. The predicted molar refractivity (Wildman–Crippen MR) is 39.6 cm³/mol. The third-order valence-corrected chi connectivity index (χ3v) is 2.09. The normalized spacial score (nSPS) is 30.1. The summed E-state index contributed by atoms with van der Waals surface area (Å²) in [4.78, 5) is 0. The summed E-state index contributed by atoms with van der Waals surface area (Å²) in [7, 11) is 0. The van der Waals surface area contributed by atoms with E-state index in [9.17, 15) is 5.11 Å². The van der Waals surface area contributed by atoms with E-state index in [-0.39, 0.29) is 0 Å². The number of rotatable bonds is 0. The van der Waals surface area contributed by atoms with Gasteiger partial charge in [0, 0.05) is 6.04 Å². The van der Waals surface area contributed by atoms with Crippen LogP contribution in [0.25, 0.3) is 0 Å². The summed E-state index contributed by atoms with van der Waals surface area (Å²) in [5, 5.41) is 12.5. The molecular formula is C8H11NO. The Hall–Kier alpha value is -0.920. The van der Waals surface area contributed by atoms with Crippen LogP contribution in [-0.2, 0) is 0 Å². The minimum atomic E-state index is 0.444. The molecule has 0 aromatic carbocycles. The van der Waals surface area contributed by atoms with E-state index >= 15 is 0 Å². The van der Waals surface area contributed by atoms with Crippen LogP contribution in [0.4, 0.5) is 0 Å². The number of allylic oxidation sites excluding steroid dienone is 1. The van der Waals surface area contributed by atoms with Gasteiger partial charge >= 0.3 is 0 Å². The van der Waals surface area contributed by atoms with Crippen LogP contribution in [-0.4, -0.2) is 11.1 Å². The molecule has 0 aromatic rings. The fraction of sp³-hybridized carbons (Fsp3) is 0.500. The summed E-state index contributed by atoms with van der Waals surface area (Å²) in [5.74, 6) is 0.444. The molecule has 0 amide bonds. The lowest BCUT2D eigenvalue weighted by molar-refractivity contribution is 0.414. The summed E-state index contributed by atoms with van der Waals surface area (Å²) in [5.41, 5.74) is 2.36. The first-order chi connectivity index (χ1) is 4.77. The van der Waals surface area contributed by atoms with Gasteiger partial charge in [0.25, 0.3) is 0 Å². The molecule has 1 aliphatic heterocycles. The fourth-order valence-electron chi connectivity index (χ4n) is 1.63. The van der Waals surface area contributed by atoms with Crippen molar-refractivity contribution in [3.63, 3.8) is 0 Å². The molecule has 0 saturated carbocycles. The Bertz CT molecular complexity index is 227. The molecule has 2 aliphatic rings. The van der Waals surface area contributed by atoms with Crippen molar-refractivity contribution < 1.29 is 5.11 Å². The predicted octanol–water partition coefficient (Wildman–Crippen LogP) is 1.47. The van der Waals surface area contributed by atoms with E-state index in [2.05, 4.69) is 12.2 Å². The summed E-state index contributed by atoms with van der Waals surface area (Å²) in [6.07, 6.45) is 3.90. The molecule has 0 fully saturated rings. The average Bonchev–Trinajstić information content (AvgIpc) is 2.35. The molecule has 0 radical (unpaired) electrons. The number of aliphatic hydroxyl groups excluding tert-OH is 1. The van der Waals surface area contributed by atoms with Gasteiger partial charge in [-0.15, -0.1) is 0 Å². The van der Waals surface area contributed by atoms with E-state index < -0.39 is 0 Å². The van der Waals surface area contributed by atoms with Gasteiger partial charge in [0.15, 0.2) is 0 Å². The first kappa shape index (κ1) is 5.83. The van der Waals surface area contributed by atoms with Crippen molar-refractivity contribution in [3.05, 3.63) is 23.1 Å². The topological polar surface area (TPSA) is 32.3 Å². The maximum absolute atomic E-state index is 9.26. The van der Waals surface area contributed by atoms with Gasteiger partial charge in [-0.25, -0.2) is 0 Å². The molecule has 54 valence electrons. The van der Waals surface area contributed by atoms with E-state index in [1.807, 2.05) is 6.08 Å². The Balaban J connectivity index is 2.26. The molecule has 10 heavy (non-hydrogen) atoms. The Morgan fingerprint density at radius 2 is 2.50 bits per heavy atom. The first-order valence-corrected chi connectivity index (χ1v) is 3.65. The number of hydrogen-bond acceptors (Lipinski definition) is 2. The molecule has 1 atom stereocenters. The van der Waals surface area contributed by atoms with E-state index in [4.69, 9.17) is 0 Å². The molecule has 0 aromatic heterocycles. The lowest BCUT2D eigenvalue weighted by Crippen LogP contribution is -2.19. The highest BCUT2D eigenvalue weighted by Gasteiger charge is 2.25. The number of hydrogen-bond donors (Lipinski definition) is 2. The van der Waals surface area contributed by atoms with Crippen LogP contribution in [0.3, 0.4) is 0 Å². The highest BCUT2D eigenvalue weighted by atomic mass is 16.3. The minimum absolute atomic E-state index is 0.444. The van der Waals surface area contributed by atoms with Crippen molar-refractivity contribution in [1.82, 2.24) is 5.32 Å². The third kappa shape index (κ3) is 0.649. The number of nitrogens with one attached hydrogen (secondary N) is 1. The SMILES string of the molecule is CC1CC2=C(N1)C(O)=CC2. The number of aliphatic hydroxyl groups is 1. The summed E-state index contributed by atoms with van der Waals surface area (Å²) < 4.78 is 0. The zero-order valence-electron chi connectivity index (χ0n) is 6.02. The van der Waals surface area contributed by atoms with Gasteiger partial charge in [0.05, 0.1) is 5.70 Å². The van der Waals surface area contributed by atoms with Crippen LogP contribution in [0.15, 0.2) is 23.1 Å². The summed E-state index contributed by atoms with van der Waals surface area (Å²) >= 11 is 0. The maximum Gasteiger partial charge on any atom is 0.134 e. The molecule has 2 rings (SSSR count). The zero-order chi connectivity index (χ0) is 7.14. The molecule has 1 aliphatic carbocycles. The minimum Gasteiger partial charge on any atom is -0.506 e. The van der Waals surface area contributed by atoms with Gasteiger partial charge in [-0.1, -0.05) is 0 Å². The summed E-state index contributed by atoms with van der Waals surface area (Å²) in [6, 6.07) is 0.515. The second-order valence-electron chi connectivity index (χ2n) is 3.02. The van der Waals surface area contributed by atoms with E-state index in [0.29, 0.717) is 11.8 Å². The molecule has 2 N–H and O–H groups in total. The monoisotopic (exact) mass is 137 g/mol. The summed E-state index contributed by atoms with van der Waals surface area (Å²) in [6.45, 7) is 2.13. The quantitative estimate of drug-likeness (QED) is 0.530. The lowest BCUT2D eigenvalue weighted by Gasteiger charge is -2.06. The second-order valence-corrected chi connectivity index (χ2v) is 3.02. The van der Waals surface area contributed by atoms with Crippen molar-refractivity contribution in [2.45, 2.75) is 25.8 Å².